The molecule has 0 aliphatic carbocycles. The van der Waals surface area contributed by atoms with E-state index in [0.29, 0.717) is 11.1 Å². The van der Waals surface area contributed by atoms with E-state index >= 15 is 0 Å². The van der Waals surface area contributed by atoms with Crippen molar-refractivity contribution in [3.8, 4) is 0 Å². The Morgan fingerprint density at radius 1 is 0.758 bits per heavy atom. The molecule has 0 heterocycles. The van der Waals surface area contributed by atoms with Crippen molar-refractivity contribution in [1.82, 2.24) is 0 Å². The highest BCUT2D eigenvalue weighted by Crippen LogP contribution is 2.42. The average molecular weight is 479 g/mol. The summed E-state index contributed by atoms with van der Waals surface area (Å²) >= 11 is 2.96. The molecule has 3 aromatic rings. The second-order valence-electron chi connectivity index (χ2n) is 7.45. The number of esters is 2. The zero-order valence-corrected chi connectivity index (χ0v) is 20.9. The van der Waals surface area contributed by atoms with E-state index in [1.165, 1.54) is 43.3 Å². The third-order valence-electron chi connectivity index (χ3n) is 5.02. The molecule has 0 amide bonds. The van der Waals surface area contributed by atoms with Crippen molar-refractivity contribution in [2.75, 3.05) is 14.2 Å². The zero-order valence-electron chi connectivity index (χ0n) is 19.3. The van der Waals surface area contributed by atoms with E-state index in [2.05, 4.69) is 32.9 Å². The Kier molecular flexibility index (Phi) is 8.42. The molecular weight excluding hydrogens is 452 g/mol. The molecule has 0 bridgehead atoms. The highest BCUT2D eigenvalue weighted by Gasteiger charge is 2.18. The lowest BCUT2D eigenvalue weighted by Gasteiger charge is -2.16. The van der Waals surface area contributed by atoms with Crippen molar-refractivity contribution >= 4 is 40.4 Å². The normalized spacial score (nSPS) is 11.2. The number of hydrogen-bond donors (Lipinski definition) is 0. The number of methoxy groups -OCH3 is 2. The Morgan fingerprint density at radius 3 is 1.79 bits per heavy atom. The molecule has 0 N–H and O–H groups in total. The van der Waals surface area contributed by atoms with Crippen LogP contribution in [-0.4, -0.2) is 26.2 Å². The predicted octanol–water partition coefficient (Wildman–Crippen LogP) is 7.07. The van der Waals surface area contributed by atoms with E-state index in [4.69, 9.17) is 9.47 Å². The van der Waals surface area contributed by atoms with Crippen LogP contribution < -0.4 is 0 Å². The molecule has 3 aromatic carbocycles. The molecule has 0 unspecified atom stereocenters. The van der Waals surface area contributed by atoms with Crippen molar-refractivity contribution in [3.63, 3.8) is 0 Å². The van der Waals surface area contributed by atoms with Crippen molar-refractivity contribution in [1.29, 1.82) is 0 Å². The molecule has 33 heavy (non-hydrogen) atoms. The molecule has 0 aromatic heterocycles. The maximum atomic E-state index is 12.4. The average Bonchev–Trinajstić information content (AvgIpc) is 2.81. The van der Waals surface area contributed by atoms with Gasteiger partial charge in [-0.15, -0.1) is 0 Å². The lowest BCUT2D eigenvalue weighted by molar-refractivity contribution is 0.0588. The summed E-state index contributed by atoms with van der Waals surface area (Å²) in [6.45, 7) is 6.25. The fraction of sp³-hybridized carbons (Fsp3) is 0.185. The van der Waals surface area contributed by atoms with Gasteiger partial charge in [-0.25, -0.2) is 9.59 Å². The fourth-order valence-corrected chi connectivity index (χ4v) is 5.81. The Labute approximate surface area is 203 Å². The first-order valence-corrected chi connectivity index (χ1v) is 12.0. The maximum absolute atomic E-state index is 12.4. The van der Waals surface area contributed by atoms with Gasteiger partial charge in [-0.3, -0.25) is 0 Å². The first kappa shape index (κ1) is 24.7. The highest BCUT2D eigenvalue weighted by atomic mass is 32.2. The molecule has 0 saturated heterocycles. The van der Waals surface area contributed by atoms with Crippen LogP contribution in [0.3, 0.4) is 0 Å². The van der Waals surface area contributed by atoms with Crippen molar-refractivity contribution in [2.24, 2.45) is 0 Å². The van der Waals surface area contributed by atoms with Gasteiger partial charge >= 0.3 is 11.9 Å². The summed E-state index contributed by atoms with van der Waals surface area (Å²) in [4.78, 5) is 27.2. The summed E-state index contributed by atoms with van der Waals surface area (Å²) in [6, 6.07) is 19.1. The lowest BCUT2D eigenvalue weighted by Crippen LogP contribution is -2.03. The molecule has 0 aliphatic heterocycles. The van der Waals surface area contributed by atoms with Gasteiger partial charge in [0.1, 0.15) is 0 Å². The minimum Gasteiger partial charge on any atom is -0.465 e. The van der Waals surface area contributed by atoms with Crippen LogP contribution in [0.25, 0.3) is 4.91 Å². The summed E-state index contributed by atoms with van der Waals surface area (Å²) in [5, 5.41) is 2.03. The minimum atomic E-state index is -0.376. The van der Waals surface area contributed by atoms with E-state index in [1.807, 2.05) is 41.8 Å². The summed E-state index contributed by atoms with van der Waals surface area (Å²) in [5.41, 5.74) is 5.61. The van der Waals surface area contributed by atoms with E-state index in [9.17, 15) is 9.59 Å². The van der Waals surface area contributed by atoms with Crippen molar-refractivity contribution < 1.29 is 19.1 Å². The van der Waals surface area contributed by atoms with Crippen molar-refractivity contribution in [3.05, 3.63) is 99.5 Å². The van der Waals surface area contributed by atoms with E-state index in [-0.39, 0.29) is 11.9 Å². The van der Waals surface area contributed by atoms with Crippen molar-refractivity contribution in [2.45, 2.75) is 30.6 Å². The Balaban J connectivity index is 2.11. The second kappa shape index (κ2) is 11.3. The molecule has 170 valence electrons. The number of aryl methyl sites for hydroxylation is 3. The van der Waals surface area contributed by atoms with Gasteiger partial charge in [-0.2, -0.15) is 0 Å². The van der Waals surface area contributed by atoms with Crippen LogP contribution in [0.4, 0.5) is 0 Å². The monoisotopic (exact) mass is 478 g/mol. The predicted molar refractivity (Wildman–Crippen MR) is 136 cm³/mol. The Bertz CT molecular complexity index is 1190. The standard InChI is InChI=1S/C27H26O4S2/c1-17-14-18(2)25(19(3)15-17)24(33-23-13-9-7-11-21(23)27(29)31-5)16-32-22-12-8-6-10-20(22)26(28)30-4/h6-16H,1-5H3/b24-16-. The topological polar surface area (TPSA) is 52.6 Å². The van der Waals surface area contributed by atoms with E-state index < -0.39 is 0 Å². The Morgan fingerprint density at radius 2 is 1.24 bits per heavy atom. The largest absolute Gasteiger partial charge is 0.465 e. The molecule has 0 saturated carbocycles. The number of benzene rings is 3. The van der Waals surface area contributed by atoms with Gasteiger partial charge in [0.05, 0.1) is 25.3 Å². The summed E-state index contributed by atoms with van der Waals surface area (Å²) in [5.74, 6) is -0.752. The van der Waals surface area contributed by atoms with Gasteiger partial charge < -0.3 is 9.47 Å². The van der Waals surface area contributed by atoms with Crippen LogP contribution in [0.15, 0.2) is 75.9 Å². The van der Waals surface area contributed by atoms with Crippen LogP contribution >= 0.6 is 23.5 Å². The highest BCUT2D eigenvalue weighted by molar-refractivity contribution is 8.10. The number of carbonyl (C=O) groups is 2. The smallest absolute Gasteiger partial charge is 0.339 e. The summed E-state index contributed by atoms with van der Waals surface area (Å²) in [7, 11) is 2.76. The first-order valence-electron chi connectivity index (χ1n) is 10.3. The van der Waals surface area contributed by atoms with E-state index in [1.54, 1.807) is 12.1 Å². The van der Waals surface area contributed by atoms with Crippen LogP contribution in [0.1, 0.15) is 43.0 Å². The number of ether oxygens (including phenoxy) is 2. The SMILES string of the molecule is COC(=O)c1ccccc1S/C=C(\Sc1ccccc1C(=O)OC)c1c(C)cc(C)cc1C. The van der Waals surface area contributed by atoms with Crippen LogP contribution in [0, 0.1) is 20.8 Å². The summed E-state index contributed by atoms with van der Waals surface area (Å²) in [6.07, 6.45) is 0. The van der Waals surface area contributed by atoms with Gasteiger partial charge in [0.25, 0.3) is 0 Å². The molecule has 0 atom stereocenters. The van der Waals surface area contributed by atoms with Gasteiger partial charge in [-0.1, -0.05) is 65.5 Å². The lowest BCUT2D eigenvalue weighted by atomic mass is 10.00. The third kappa shape index (κ3) is 5.89. The van der Waals surface area contributed by atoms with Crippen LogP contribution in [0.2, 0.25) is 0 Å². The summed E-state index contributed by atoms with van der Waals surface area (Å²) < 4.78 is 9.92. The molecule has 0 radical (unpaired) electrons. The molecule has 6 heteroatoms. The third-order valence-corrected chi connectivity index (χ3v) is 7.25. The second-order valence-corrected chi connectivity index (χ2v) is 9.45. The Hall–Kier alpha value is -2.96. The van der Waals surface area contributed by atoms with Crippen LogP contribution in [0.5, 0.6) is 0 Å². The number of hydrogen-bond acceptors (Lipinski definition) is 6. The first-order chi connectivity index (χ1) is 15.8. The van der Waals surface area contributed by atoms with Crippen LogP contribution in [-0.2, 0) is 9.47 Å². The molecule has 4 nitrogen and oxygen atoms in total. The van der Waals surface area contributed by atoms with E-state index in [0.717, 1.165) is 31.4 Å². The van der Waals surface area contributed by atoms with Gasteiger partial charge in [0, 0.05) is 14.7 Å². The number of thioether (sulfide) groups is 2. The van der Waals surface area contributed by atoms with Gasteiger partial charge in [0.2, 0.25) is 0 Å². The zero-order chi connectivity index (χ0) is 24.0. The molecule has 3 rings (SSSR count). The molecular formula is C27H26O4S2. The molecule has 0 aliphatic rings. The molecule has 0 spiro atoms. The minimum absolute atomic E-state index is 0.376. The molecule has 0 fully saturated rings. The number of carbonyl (C=O) groups excluding carboxylic acids is 2. The quantitative estimate of drug-likeness (QED) is 0.267. The number of rotatable bonds is 7. The fourth-order valence-electron chi connectivity index (χ4n) is 3.62. The van der Waals surface area contributed by atoms with Gasteiger partial charge in [0.15, 0.2) is 0 Å². The maximum Gasteiger partial charge on any atom is 0.339 e. The van der Waals surface area contributed by atoms with Gasteiger partial charge in [-0.05, 0) is 67.1 Å².